The Kier molecular flexibility index (Phi) is 4.81. The molecule has 0 rings (SSSR count). The van der Waals surface area contributed by atoms with Crippen molar-refractivity contribution in [1.29, 1.82) is 0 Å². The van der Waals surface area contributed by atoms with Crippen LogP contribution in [0.1, 0.15) is 20.3 Å². The molecule has 0 aliphatic rings. The molecule has 4 nitrogen and oxygen atoms in total. The van der Waals surface area contributed by atoms with E-state index < -0.39 is 18.2 Å². The van der Waals surface area contributed by atoms with Crippen LogP contribution < -0.4 is 0 Å². The second-order valence-corrected chi connectivity index (χ2v) is 2.54. The highest BCUT2D eigenvalue weighted by Crippen LogP contribution is 1.96. The molecule has 2 unspecified atom stereocenters. The van der Waals surface area contributed by atoms with E-state index in [1.54, 1.807) is 6.92 Å². The van der Waals surface area contributed by atoms with Crippen molar-refractivity contribution in [1.82, 2.24) is 0 Å². The Morgan fingerprint density at radius 2 is 2.09 bits per heavy atom. The zero-order valence-electron chi connectivity index (χ0n) is 6.78. The van der Waals surface area contributed by atoms with Gasteiger partial charge in [-0.2, -0.15) is 0 Å². The van der Waals surface area contributed by atoms with E-state index in [4.69, 9.17) is 10.2 Å². The molecule has 4 heteroatoms. The normalized spacial score (nSPS) is 15.6. The lowest BCUT2D eigenvalue weighted by Gasteiger charge is -2.10. The molecule has 2 N–H and O–H groups in total. The zero-order valence-corrected chi connectivity index (χ0v) is 6.78. The van der Waals surface area contributed by atoms with Crippen LogP contribution in [-0.4, -0.2) is 35.0 Å². The van der Waals surface area contributed by atoms with Crippen molar-refractivity contribution >= 4 is 5.97 Å². The second-order valence-electron chi connectivity index (χ2n) is 2.54. The summed E-state index contributed by atoms with van der Waals surface area (Å²) in [5, 5.41) is 17.2. The molecule has 0 bridgehead atoms. The monoisotopic (exact) mass is 162 g/mol. The van der Waals surface area contributed by atoms with Gasteiger partial charge in [-0.3, -0.25) is 4.79 Å². The molecule has 0 aromatic rings. The van der Waals surface area contributed by atoms with Crippen molar-refractivity contribution in [3.63, 3.8) is 0 Å². The lowest BCUT2D eigenvalue weighted by Crippen LogP contribution is -2.21. The molecule has 0 heterocycles. The van der Waals surface area contributed by atoms with Crippen LogP contribution in [0.3, 0.4) is 0 Å². The molecular formula is C7H14O4. The molecule has 66 valence electrons. The summed E-state index contributed by atoms with van der Waals surface area (Å²) in [7, 11) is 0. The van der Waals surface area contributed by atoms with Crippen molar-refractivity contribution in [2.75, 3.05) is 6.61 Å². The van der Waals surface area contributed by atoms with Gasteiger partial charge in [0, 0.05) is 0 Å². The fourth-order valence-corrected chi connectivity index (χ4v) is 0.551. The van der Waals surface area contributed by atoms with Crippen molar-refractivity contribution < 1.29 is 19.7 Å². The maximum atomic E-state index is 10.7. The molecule has 0 saturated carbocycles. The van der Waals surface area contributed by atoms with Gasteiger partial charge >= 0.3 is 5.97 Å². The number of aliphatic hydroxyl groups excluding tert-OH is 2. The van der Waals surface area contributed by atoms with Crippen molar-refractivity contribution in [3.05, 3.63) is 0 Å². The third-order valence-electron chi connectivity index (χ3n) is 1.05. The number of ether oxygens (including phenoxy) is 1. The van der Waals surface area contributed by atoms with Crippen LogP contribution in [0, 0.1) is 0 Å². The number of rotatable bonds is 4. The van der Waals surface area contributed by atoms with E-state index in [2.05, 4.69) is 4.74 Å². The van der Waals surface area contributed by atoms with Crippen LogP contribution in [0.4, 0.5) is 0 Å². The average molecular weight is 162 g/mol. The topological polar surface area (TPSA) is 66.8 Å². The second kappa shape index (κ2) is 5.09. The smallest absolute Gasteiger partial charge is 0.308 e. The van der Waals surface area contributed by atoms with Gasteiger partial charge in [0.05, 0.1) is 19.1 Å². The van der Waals surface area contributed by atoms with Gasteiger partial charge in [0.1, 0.15) is 6.10 Å². The quantitative estimate of drug-likeness (QED) is 0.556. The van der Waals surface area contributed by atoms with Gasteiger partial charge in [0.2, 0.25) is 0 Å². The molecule has 0 aromatic heterocycles. The van der Waals surface area contributed by atoms with Gasteiger partial charge in [-0.05, 0) is 13.8 Å². The van der Waals surface area contributed by atoms with Crippen LogP contribution in [0.5, 0.6) is 0 Å². The first kappa shape index (κ1) is 10.4. The Morgan fingerprint density at radius 1 is 1.55 bits per heavy atom. The van der Waals surface area contributed by atoms with Gasteiger partial charge in [0.15, 0.2) is 0 Å². The SMILES string of the molecule is CC(O)CC(=O)OC(C)CO. The Hall–Kier alpha value is -0.610. The van der Waals surface area contributed by atoms with E-state index in [1.165, 1.54) is 6.92 Å². The fraction of sp³-hybridized carbons (Fsp3) is 0.857. The highest BCUT2D eigenvalue weighted by atomic mass is 16.6. The first-order chi connectivity index (χ1) is 5.06. The summed E-state index contributed by atoms with van der Waals surface area (Å²) in [6.45, 7) is 2.90. The Morgan fingerprint density at radius 3 is 2.45 bits per heavy atom. The summed E-state index contributed by atoms with van der Waals surface area (Å²) in [5.41, 5.74) is 0. The lowest BCUT2D eigenvalue weighted by atomic mass is 10.3. The molecular weight excluding hydrogens is 148 g/mol. The molecule has 0 radical (unpaired) electrons. The molecule has 0 aliphatic carbocycles. The molecule has 0 aliphatic heterocycles. The number of hydrogen-bond donors (Lipinski definition) is 2. The predicted molar refractivity (Wildman–Crippen MR) is 38.9 cm³/mol. The summed E-state index contributed by atoms with van der Waals surface area (Å²) >= 11 is 0. The fourth-order valence-electron chi connectivity index (χ4n) is 0.551. The first-order valence-electron chi connectivity index (χ1n) is 3.54. The van der Waals surface area contributed by atoms with E-state index in [0.717, 1.165) is 0 Å². The predicted octanol–water partition coefficient (Wildman–Crippen LogP) is -0.319. The number of aliphatic hydroxyl groups is 2. The highest BCUT2D eigenvalue weighted by molar-refractivity contribution is 5.70. The van der Waals surface area contributed by atoms with E-state index >= 15 is 0 Å². The highest BCUT2D eigenvalue weighted by Gasteiger charge is 2.10. The van der Waals surface area contributed by atoms with Crippen LogP contribution in [0.25, 0.3) is 0 Å². The summed E-state index contributed by atoms with van der Waals surface area (Å²) in [4.78, 5) is 10.7. The van der Waals surface area contributed by atoms with Gasteiger partial charge in [0.25, 0.3) is 0 Å². The van der Waals surface area contributed by atoms with Gasteiger partial charge in [-0.15, -0.1) is 0 Å². The number of hydrogen-bond acceptors (Lipinski definition) is 4. The summed E-state index contributed by atoms with van der Waals surface area (Å²) < 4.78 is 4.66. The minimum Gasteiger partial charge on any atom is -0.460 e. The minimum atomic E-state index is -0.687. The Bertz CT molecular complexity index is 122. The van der Waals surface area contributed by atoms with Crippen LogP contribution in [-0.2, 0) is 9.53 Å². The van der Waals surface area contributed by atoms with Crippen LogP contribution >= 0.6 is 0 Å². The number of esters is 1. The molecule has 2 atom stereocenters. The van der Waals surface area contributed by atoms with Crippen molar-refractivity contribution in [2.45, 2.75) is 32.5 Å². The maximum Gasteiger partial charge on any atom is 0.308 e. The molecule has 0 saturated heterocycles. The van der Waals surface area contributed by atoms with E-state index in [1.807, 2.05) is 0 Å². The minimum absolute atomic E-state index is 0.0235. The van der Waals surface area contributed by atoms with E-state index in [-0.39, 0.29) is 13.0 Å². The molecule has 0 fully saturated rings. The molecule has 0 amide bonds. The average Bonchev–Trinajstić information content (AvgIpc) is 1.85. The van der Waals surface area contributed by atoms with E-state index in [0.29, 0.717) is 0 Å². The van der Waals surface area contributed by atoms with Crippen molar-refractivity contribution in [3.8, 4) is 0 Å². The van der Waals surface area contributed by atoms with Crippen molar-refractivity contribution in [2.24, 2.45) is 0 Å². The van der Waals surface area contributed by atoms with Crippen LogP contribution in [0.2, 0.25) is 0 Å². The third-order valence-corrected chi connectivity index (χ3v) is 1.05. The summed E-state index contributed by atoms with van der Waals surface area (Å²) in [6, 6.07) is 0. The largest absolute Gasteiger partial charge is 0.460 e. The summed E-state index contributed by atoms with van der Waals surface area (Å²) in [5.74, 6) is -0.485. The first-order valence-corrected chi connectivity index (χ1v) is 3.54. The Labute approximate surface area is 65.8 Å². The standard InChI is InChI=1S/C7H14O4/c1-5(9)3-7(10)11-6(2)4-8/h5-6,8-9H,3-4H2,1-2H3. The third kappa shape index (κ3) is 5.82. The molecule has 11 heavy (non-hydrogen) atoms. The van der Waals surface area contributed by atoms with Gasteiger partial charge in [-0.1, -0.05) is 0 Å². The summed E-state index contributed by atoms with van der Waals surface area (Å²) in [6.07, 6.45) is -1.20. The Balaban J connectivity index is 3.52. The van der Waals surface area contributed by atoms with E-state index in [9.17, 15) is 4.79 Å². The van der Waals surface area contributed by atoms with Gasteiger partial charge in [-0.25, -0.2) is 0 Å². The number of carbonyl (C=O) groups excluding carboxylic acids is 1. The van der Waals surface area contributed by atoms with Crippen LogP contribution in [0.15, 0.2) is 0 Å². The lowest BCUT2D eigenvalue weighted by molar-refractivity contribution is -0.151. The van der Waals surface area contributed by atoms with Gasteiger partial charge < -0.3 is 14.9 Å². The maximum absolute atomic E-state index is 10.7. The molecule has 0 spiro atoms. The molecule has 0 aromatic carbocycles. The number of carbonyl (C=O) groups is 1. The zero-order chi connectivity index (χ0) is 8.85.